The molecule has 0 radical (unpaired) electrons. The van der Waals surface area contributed by atoms with Crippen molar-refractivity contribution in [2.45, 2.75) is 17.1 Å². The van der Waals surface area contributed by atoms with Gasteiger partial charge in [-0.2, -0.15) is 0 Å². The van der Waals surface area contributed by atoms with Gasteiger partial charge in [-0.05, 0) is 34.1 Å². The van der Waals surface area contributed by atoms with E-state index in [1.54, 1.807) is 18.2 Å². The summed E-state index contributed by atoms with van der Waals surface area (Å²) in [5.41, 5.74) is 0.253. The van der Waals surface area contributed by atoms with E-state index in [1.807, 2.05) is 6.92 Å². The van der Waals surface area contributed by atoms with Gasteiger partial charge in [0.2, 0.25) is 0 Å². The molecule has 0 bridgehead atoms. The van der Waals surface area contributed by atoms with Crippen molar-refractivity contribution in [1.29, 1.82) is 0 Å². The van der Waals surface area contributed by atoms with Crippen LogP contribution in [0.25, 0.3) is 0 Å². The third-order valence-corrected chi connectivity index (χ3v) is 3.84. The van der Waals surface area contributed by atoms with E-state index in [4.69, 9.17) is 10.2 Å². The van der Waals surface area contributed by atoms with Crippen LogP contribution in [0.3, 0.4) is 0 Å². The van der Waals surface area contributed by atoms with Crippen molar-refractivity contribution in [2.75, 3.05) is 6.61 Å². The van der Waals surface area contributed by atoms with Crippen LogP contribution in [0.1, 0.15) is 17.3 Å². The number of carbonyl (C=O) groups is 1. The van der Waals surface area contributed by atoms with Crippen LogP contribution in [0.5, 0.6) is 0 Å². The molecule has 82 valence electrons. The molecule has 0 aromatic heterocycles. The van der Waals surface area contributed by atoms with Crippen LogP contribution < -0.4 is 0 Å². The molecule has 0 aliphatic carbocycles. The van der Waals surface area contributed by atoms with Gasteiger partial charge >= 0.3 is 5.97 Å². The molecule has 0 saturated heterocycles. The maximum atomic E-state index is 10.7. The van der Waals surface area contributed by atoms with Crippen LogP contribution in [-0.2, 0) is 0 Å². The molecule has 0 spiro atoms. The lowest BCUT2D eigenvalue weighted by Gasteiger charge is -2.09. The van der Waals surface area contributed by atoms with Gasteiger partial charge in [-0.1, -0.05) is 6.92 Å². The lowest BCUT2D eigenvalue weighted by molar-refractivity contribution is 0.0696. The Hall–Kier alpha value is -0.520. The summed E-state index contributed by atoms with van der Waals surface area (Å²) < 4.78 is 0.743. The number of carboxylic acids is 1. The Bertz CT molecular complexity index is 368. The van der Waals surface area contributed by atoms with Gasteiger partial charge in [0.1, 0.15) is 0 Å². The zero-order valence-electron chi connectivity index (χ0n) is 8.11. The summed E-state index contributed by atoms with van der Waals surface area (Å²) in [5.74, 6) is -0.942. The number of benzene rings is 1. The molecule has 1 aromatic carbocycles. The number of halogens is 1. The largest absolute Gasteiger partial charge is 0.478 e. The van der Waals surface area contributed by atoms with Crippen LogP contribution in [-0.4, -0.2) is 28.0 Å². The van der Waals surface area contributed by atoms with E-state index in [0.717, 1.165) is 9.37 Å². The Morgan fingerprint density at radius 3 is 2.73 bits per heavy atom. The molecule has 1 atom stereocenters. The lowest BCUT2D eigenvalue weighted by atomic mass is 10.2. The number of hydrogen-bond donors (Lipinski definition) is 2. The predicted molar refractivity (Wildman–Crippen MR) is 63.5 cm³/mol. The second kappa shape index (κ2) is 5.53. The first kappa shape index (κ1) is 12.5. The quantitative estimate of drug-likeness (QED) is 0.837. The molecule has 1 unspecified atom stereocenters. The van der Waals surface area contributed by atoms with E-state index in [9.17, 15) is 4.79 Å². The van der Waals surface area contributed by atoms with Crippen molar-refractivity contribution in [1.82, 2.24) is 0 Å². The highest BCUT2D eigenvalue weighted by Crippen LogP contribution is 2.31. The zero-order chi connectivity index (χ0) is 11.4. The second-order valence-electron chi connectivity index (χ2n) is 3.06. The Morgan fingerprint density at radius 1 is 1.60 bits per heavy atom. The van der Waals surface area contributed by atoms with Crippen molar-refractivity contribution in [3.05, 3.63) is 28.2 Å². The van der Waals surface area contributed by atoms with Crippen molar-refractivity contribution in [2.24, 2.45) is 0 Å². The number of aromatic carboxylic acids is 1. The standard InChI is InChI=1S/C10H11BrO3S/c1-6(5-12)15-9-3-2-7(10(13)14)4-8(9)11/h2-4,6,12H,5H2,1H3,(H,13,14). The van der Waals surface area contributed by atoms with Crippen LogP contribution in [0.4, 0.5) is 0 Å². The first-order valence-corrected chi connectivity index (χ1v) is 6.02. The first-order valence-electron chi connectivity index (χ1n) is 4.35. The zero-order valence-corrected chi connectivity index (χ0v) is 10.5. The smallest absolute Gasteiger partial charge is 0.335 e. The number of thioether (sulfide) groups is 1. The van der Waals surface area contributed by atoms with E-state index in [1.165, 1.54) is 11.8 Å². The highest BCUT2D eigenvalue weighted by atomic mass is 79.9. The molecule has 0 heterocycles. The third kappa shape index (κ3) is 3.52. The van der Waals surface area contributed by atoms with Gasteiger partial charge in [0.05, 0.1) is 12.2 Å². The normalized spacial score (nSPS) is 12.5. The van der Waals surface area contributed by atoms with Gasteiger partial charge in [-0.15, -0.1) is 11.8 Å². The SMILES string of the molecule is CC(CO)Sc1ccc(C(=O)O)cc1Br. The van der Waals surface area contributed by atoms with Gasteiger partial charge in [0.15, 0.2) is 0 Å². The molecule has 3 nitrogen and oxygen atoms in total. The average Bonchev–Trinajstić information content (AvgIpc) is 2.20. The molecule has 0 saturated carbocycles. The van der Waals surface area contributed by atoms with Crippen molar-refractivity contribution >= 4 is 33.7 Å². The lowest BCUT2D eigenvalue weighted by Crippen LogP contribution is -2.02. The van der Waals surface area contributed by atoms with Crippen molar-refractivity contribution in [3.8, 4) is 0 Å². The van der Waals surface area contributed by atoms with Gasteiger partial charge in [-0.25, -0.2) is 4.79 Å². The summed E-state index contributed by atoms with van der Waals surface area (Å²) in [4.78, 5) is 11.6. The third-order valence-electron chi connectivity index (χ3n) is 1.76. The van der Waals surface area contributed by atoms with E-state index >= 15 is 0 Å². The molecule has 0 amide bonds. The molecule has 5 heteroatoms. The summed E-state index contributed by atoms with van der Waals surface area (Å²) in [6.45, 7) is 2.00. The van der Waals surface area contributed by atoms with Crippen molar-refractivity contribution < 1.29 is 15.0 Å². The minimum absolute atomic E-state index is 0.0944. The van der Waals surface area contributed by atoms with Gasteiger partial charge in [0.25, 0.3) is 0 Å². The number of hydrogen-bond acceptors (Lipinski definition) is 3. The molecular formula is C10H11BrO3S. The number of aliphatic hydroxyl groups is 1. The fourth-order valence-corrected chi connectivity index (χ4v) is 2.47. The van der Waals surface area contributed by atoms with E-state index < -0.39 is 5.97 Å². The van der Waals surface area contributed by atoms with Crippen LogP contribution in [0.15, 0.2) is 27.6 Å². The minimum Gasteiger partial charge on any atom is -0.478 e. The molecule has 2 N–H and O–H groups in total. The Morgan fingerprint density at radius 2 is 2.27 bits per heavy atom. The topological polar surface area (TPSA) is 57.5 Å². The van der Waals surface area contributed by atoms with Gasteiger partial charge < -0.3 is 10.2 Å². The molecular weight excluding hydrogens is 280 g/mol. The Labute approximate surface area is 101 Å². The molecule has 1 rings (SSSR count). The van der Waals surface area contributed by atoms with E-state index in [-0.39, 0.29) is 17.4 Å². The Balaban J connectivity index is 2.88. The summed E-state index contributed by atoms with van der Waals surface area (Å²) in [6, 6.07) is 4.86. The fraction of sp³-hybridized carbons (Fsp3) is 0.300. The molecule has 0 aliphatic heterocycles. The summed E-state index contributed by atoms with van der Waals surface area (Å²) >= 11 is 4.81. The number of carboxylic acid groups (broad SMARTS) is 1. The molecule has 15 heavy (non-hydrogen) atoms. The maximum absolute atomic E-state index is 10.7. The fourth-order valence-electron chi connectivity index (χ4n) is 0.983. The monoisotopic (exact) mass is 290 g/mol. The second-order valence-corrected chi connectivity index (χ2v) is 5.40. The number of aliphatic hydroxyl groups excluding tert-OH is 1. The van der Waals surface area contributed by atoms with Crippen LogP contribution >= 0.6 is 27.7 Å². The summed E-state index contributed by atoms with van der Waals surface area (Å²) in [6.07, 6.45) is 0. The van der Waals surface area contributed by atoms with Crippen LogP contribution in [0.2, 0.25) is 0 Å². The number of rotatable bonds is 4. The van der Waals surface area contributed by atoms with Crippen molar-refractivity contribution in [3.63, 3.8) is 0 Å². The van der Waals surface area contributed by atoms with E-state index in [2.05, 4.69) is 15.9 Å². The predicted octanol–water partition coefficient (Wildman–Crippen LogP) is 2.62. The highest BCUT2D eigenvalue weighted by Gasteiger charge is 2.09. The highest BCUT2D eigenvalue weighted by molar-refractivity contribution is 9.10. The molecule has 0 aliphatic rings. The van der Waals surface area contributed by atoms with Gasteiger partial charge in [0, 0.05) is 14.6 Å². The minimum atomic E-state index is -0.942. The maximum Gasteiger partial charge on any atom is 0.335 e. The van der Waals surface area contributed by atoms with E-state index in [0.29, 0.717) is 0 Å². The van der Waals surface area contributed by atoms with Crippen LogP contribution in [0, 0.1) is 0 Å². The summed E-state index contributed by atoms with van der Waals surface area (Å²) in [5, 5.41) is 17.8. The first-order chi connectivity index (χ1) is 7.04. The Kier molecular flexibility index (Phi) is 4.63. The summed E-state index contributed by atoms with van der Waals surface area (Å²) in [7, 11) is 0. The van der Waals surface area contributed by atoms with Gasteiger partial charge in [-0.3, -0.25) is 0 Å². The molecule has 1 aromatic rings. The average molecular weight is 291 g/mol. The molecule has 0 fully saturated rings.